The van der Waals surface area contributed by atoms with Crippen molar-refractivity contribution in [3.8, 4) is 0 Å². The van der Waals surface area contributed by atoms with Crippen LogP contribution in [-0.4, -0.2) is 32.3 Å². The van der Waals surface area contributed by atoms with Crippen molar-refractivity contribution in [1.82, 2.24) is 0 Å². The Kier molecular flexibility index (Phi) is 7.82. The molecule has 0 rings (SSSR count). The van der Waals surface area contributed by atoms with E-state index in [9.17, 15) is 4.79 Å². The lowest BCUT2D eigenvalue weighted by Crippen LogP contribution is -2.07. The zero-order valence-corrected chi connectivity index (χ0v) is 10.2. The van der Waals surface area contributed by atoms with E-state index < -0.39 is 0 Å². The fraction of sp³-hybridized carbons (Fsp3) is 0.667. The van der Waals surface area contributed by atoms with E-state index in [4.69, 9.17) is 4.74 Å². The number of hydrogen-bond acceptors (Lipinski definition) is 3. The quantitative estimate of drug-likeness (QED) is 0.479. The third-order valence-corrected chi connectivity index (χ3v) is 2.17. The number of ether oxygens (including phenoxy) is 1. The summed E-state index contributed by atoms with van der Waals surface area (Å²) in [4.78, 5) is 15.4. The monoisotopic (exact) mass is 211 g/mol. The largest absolute Gasteiger partial charge is 0.378 e. The number of nitrogens with zero attached hydrogens (tertiary/aromatic N) is 1. The number of carbonyl (C=O) groups is 1. The van der Waals surface area contributed by atoms with Gasteiger partial charge < -0.3 is 4.74 Å². The van der Waals surface area contributed by atoms with Crippen molar-refractivity contribution in [2.24, 2.45) is 4.99 Å². The molecule has 0 aromatic heterocycles. The molecule has 0 heterocycles. The first-order valence-corrected chi connectivity index (χ1v) is 5.31. The molecule has 3 nitrogen and oxygen atoms in total. The Hall–Kier alpha value is -0.960. The highest BCUT2D eigenvalue weighted by molar-refractivity contribution is 6.04. The van der Waals surface area contributed by atoms with Crippen LogP contribution >= 0.6 is 0 Å². The first-order chi connectivity index (χ1) is 7.15. The number of rotatable bonds is 7. The number of carbonyl (C=O) groups excluding carboxylic acids is 1. The molecule has 0 aromatic carbocycles. The number of allylic oxidation sites excluding steroid dienone is 1. The maximum absolute atomic E-state index is 11.3. The van der Waals surface area contributed by atoms with Gasteiger partial charge in [0.15, 0.2) is 5.78 Å². The Labute approximate surface area is 92.2 Å². The highest BCUT2D eigenvalue weighted by atomic mass is 16.5. The molecule has 0 fully saturated rings. The van der Waals surface area contributed by atoms with E-state index >= 15 is 0 Å². The minimum absolute atomic E-state index is 0.126. The van der Waals surface area contributed by atoms with Gasteiger partial charge in [0.1, 0.15) is 0 Å². The lowest BCUT2D eigenvalue weighted by Gasteiger charge is -2.04. The van der Waals surface area contributed by atoms with Crippen molar-refractivity contribution >= 4 is 11.5 Å². The van der Waals surface area contributed by atoms with Crippen LogP contribution in [-0.2, 0) is 9.53 Å². The predicted octanol–water partition coefficient (Wildman–Crippen LogP) is 2.41. The molecule has 0 bridgehead atoms. The zero-order chi connectivity index (χ0) is 11.7. The van der Waals surface area contributed by atoms with E-state index in [0.717, 1.165) is 30.5 Å². The fourth-order valence-electron chi connectivity index (χ4n) is 1.24. The predicted molar refractivity (Wildman–Crippen MR) is 63.5 cm³/mol. The lowest BCUT2D eigenvalue weighted by molar-refractivity contribution is -0.113. The highest BCUT2D eigenvalue weighted by Gasteiger charge is 2.05. The summed E-state index contributed by atoms with van der Waals surface area (Å²) < 4.78 is 4.99. The molecule has 86 valence electrons. The molecule has 3 heteroatoms. The number of aliphatic imine (C=N–C) groups is 1. The summed E-state index contributed by atoms with van der Waals surface area (Å²) in [6.45, 7) is 4.17. The molecular formula is C12H21NO2. The summed E-state index contributed by atoms with van der Waals surface area (Å²) >= 11 is 0. The van der Waals surface area contributed by atoms with Gasteiger partial charge in [-0.25, -0.2) is 0 Å². The van der Waals surface area contributed by atoms with Gasteiger partial charge in [-0.15, -0.1) is 0 Å². The molecule has 0 aliphatic carbocycles. The second kappa shape index (κ2) is 8.36. The van der Waals surface area contributed by atoms with Gasteiger partial charge >= 0.3 is 0 Å². The first-order valence-electron chi connectivity index (χ1n) is 5.31. The molecule has 0 spiro atoms. The number of Topliss-reactive ketones (excluding diaryl/α,β-unsaturated/α-hetero) is 1. The Morgan fingerprint density at radius 2 is 2.13 bits per heavy atom. The van der Waals surface area contributed by atoms with Crippen molar-refractivity contribution in [2.45, 2.75) is 33.1 Å². The van der Waals surface area contributed by atoms with Gasteiger partial charge in [-0.1, -0.05) is 13.3 Å². The van der Waals surface area contributed by atoms with Gasteiger partial charge in [0.25, 0.3) is 0 Å². The van der Waals surface area contributed by atoms with E-state index in [1.807, 2.05) is 6.08 Å². The number of methoxy groups -OCH3 is 1. The van der Waals surface area contributed by atoms with Crippen LogP contribution in [0.2, 0.25) is 0 Å². The summed E-state index contributed by atoms with van der Waals surface area (Å²) in [6, 6.07) is 0. The highest BCUT2D eigenvalue weighted by Crippen LogP contribution is 2.08. The molecule has 0 N–H and O–H groups in total. The average molecular weight is 211 g/mol. The molecular weight excluding hydrogens is 190 g/mol. The third kappa shape index (κ3) is 6.18. The van der Waals surface area contributed by atoms with Crippen molar-refractivity contribution < 1.29 is 9.53 Å². The van der Waals surface area contributed by atoms with E-state index in [2.05, 4.69) is 11.9 Å². The lowest BCUT2D eigenvalue weighted by atomic mass is 10.0. The Morgan fingerprint density at radius 1 is 1.47 bits per heavy atom. The minimum atomic E-state index is 0.126. The topological polar surface area (TPSA) is 38.7 Å². The van der Waals surface area contributed by atoms with E-state index in [1.165, 1.54) is 0 Å². The van der Waals surface area contributed by atoms with Crippen LogP contribution in [0.25, 0.3) is 0 Å². The molecule has 15 heavy (non-hydrogen) atoms. The Balaban J connectivity index is 4.57. The van der Waals surface area contributed by atoms with E-state index in [-0.39, 0.29) is 5.78 Å². The zero-order valence-electron chi connectivity index (χ0n) is 10.2. The summed E-state index contributed by atoms with van der Waals surface area (Å²) in [6.07, 6.45) is 4.80. The van der Waals surface area contributed by atoms with Crippen molar-refractivity contribution in [2.75, 3.05) is 20.8 Å². The standard InChI is InChI=1S/C12H21NO2/c1-5-6-7-11(10(2)14)8-12(13-3)9-15-4/h8H,5-7,9H2,1-4H3/b11-8+,13-12?. The van der Waals surface area contributed by atoms with Gasteiger partial charge in [0.2, 0.25) is 0 Å². The summed E-state index contributed by atoms with van der Waals surface area (Å²) in [7, 11) is 3.33. The van der Waals surface area contributed by atoms with Crippen LogP contribution in [0.1, 0.15) is 33.1 Å². The second-order valence-electron chi connectivity index (χ2n) is 3.48. The average Bonchev–Trinajstić information content (AvgIpc) is 2.22. The SMILES string of the molecule is CCCC/C(=C\C(COC)=NC)C(C)=O. The fourth-order valence-corrected chi connectivity index (χ4v) is 1.24. The van der Waals surface area contributed by atoms with Gasteiger partial charge in [0.05, 0.1) is 12.3 Å². The third-order valence-electron chi connectivity index (χ3n) is 2.17. The summed E-state index contributed by atoms with van der Waals surface area (Å²) in [5.41, 5.74) is 1.66. The van der Waals surface area contributed by atoms with Crippen molar-refractivity contribution in [3.05, 3.63) is 11.6 Å². The van der Waals surface area contributed by atoms with Crippen LogP contribution < -0.4 is 0 Å². The van der Waals surface area contributed by atoms with Gasteiger partial charge in [-0.2, -0.15) is 0 Å². The van der Waals surface area contributed by atoms with Crippen LogP contribution in [0.15, 0.2) is 16.6 Å². The van der Waals surface area contributed by atoms with Crippen LogP contribution in [0.5, 0.6) is 0 Å². The van der Waals surface area contributed by atoms with Gasteiger partial charge in [-0.05, 0) is 31.4 Å². The van der Waals surface area contributed by atoms with E-state index in [1.54, 1.807) is 21.1 Å². The number of ketones is 1. The molecule has 0 saturated heterocycles. The molecule has 0 saturated carbocycles. The maximum atomic E-state index is 11.3. The van der Waals surface area contributed by atoms with Crippen molar-refractivity contribution in [3.63, 3.8) is 0 Å². The van der Waals surface area contributed by atoms with Crippen LogP contribution in [0, 0.1) is 0 Å². The summed E-state index contributed by atoms with van der Waals surface area (Å²) in [5.74, 6) is 0.126. The smallest absolute Gasteiger partial charge is 0.155 e. The molecule has 0 atom stereocenters. The number of hydrogen-bond donors (Lipinski definition) is 0. The molecule has 0 aliphatic rings. The first kappa shape index (κ1) is 14.0. The Bertz CT molecular complexity index is 254. The molecule has 0 aromatic rings. The molecule has 0 radical (unpaired) electrons. The molecule has 0 amide bonds. The normalized spacial score (nSPS) is 13.1. The van der Waals surface area contributed by atoms with Gasteiger partial charge in [-0.3, -0.25) is 9.79 Å². The summed E-state index contributed by atoms with van der Waals surface area (Å²) in [5, 5.41) is 0. The maximum Gasteiger partial charge on any atom is 0.155 e. The van der Waals surface area contributed by atoms with Crippen molar-refractivity contribution in [1.29, 1.82) is 0 Å². The molecule has 0 unspecified atom stereocenters. The van der Waals surface area contributed by atoms with Crippen LogP contribution in [0.4, 0.5) is 0 Å². The van der Waals surface area contributed by atoms with Crippen LogP contribution in [0.3, 0.4) is 0 Å². The van der Waals surface area contributed by atoms with Gasteiger partial charge in [0, 0.05) is 14.2 Å². The Morgan fingerprint density at radius 3 is 2.53 bits per heavy atom. The van der Waals surface area contributed by atoms with E-state index in [0.29, 0.717) is 6.61 Å². The number of unbranched alkanes of at least 4 members (excludes halogenated alkanes) is 1. The second-order valence-corrected chi connectivity index (χ2v) is 3.48. The molecule has 0 aliphatic heterocycles. The minimum Gasteiger partial charge on any atom is -0.378 e.